The lowest BCUT2D eigenvalue weighted by molar-refractivity contribution is 0.102. The number of hydrogen-bond donors (Lipinski definition) is 1. The first-order chi connectivity index (χ1) is 17.5. The molecule has 9 nitrogen and oxygen atoms in total. The number of aryl methyl sites for hydroxylation is 1. The Labute approximate surface area is 209 Å². The predicted octanol–water partition coefficient (Wildman–Crippen LogP) is 4.54. The molecule has 4 rings (SSSR count). The van der Waals surface area contributed by atoms with Crippen molar-refractivity contribution in [3.05, 3.63) is 77.9 Å². The van der Waals surface area contributed by atoms with Crippen molar-refractivity contribution in [2.75, 3.05) is 39.9 Å². The van der Waals surface area contributed by atoms with Gasteiger partial charge in [0.2, 0.25) is 0 Å². The largest absolute Gasteiger partial charge is 0.497 e. The third-order valence-electron chi connectivity index (χ3n) is 5.48. The molecule has 9 heteroatoms. The molecule has 1 aromatic heterocycles. The molecule has 0 bridgehead atoms. The van der Waals surface area contributed by atoms with Gasteiger partial charge in [-0.2, -0.15) is 4.98 Å². The van der Waals surface area contributed by atoms with Gasteiger partial charge in [0, 0.05) is 30.0 Å². The van der Waals surface area contributed by atoms with E-state index in [0.29, 0.717) is 41.8 Å². The summed E-state index contributed by atoms with van der Waals surface area (Å²) in [5.74, 6) is 1.44. The van der Waals surface area contributed by atoms with E-state index in [-0.39, 0.29) is 11.9 Å². The predicted molar refractivity (Wildman–Crippen MR) is 136 cm³/mol. The molecule has 1 N–H and O–H groups in total. The summed E-state index contributed by atoms with van der Waals surface area (Å²) in [4.78, 5) is 17.4. The summed E-state index contributed by atoms with van der Waals surface area (Å²) in [6.45, 7) is 2.79. The molecule has 0 spiro atoms. The number of hydrogen-bond acceptors (Lipinski definition) is 7. The first kappa shape index (κ1) is 24.7. The molecule has 0 radical (unpaired) electrons. The quantitative estimate of drug-likeness (QED) is 0.328. The second kappa shape index (κ2) is 11.4. The van der Waals surface area contributed by atoms with Crippen molar-refractivity contribution in [3.8, 4) is 34.6 Å². The lowest BCUT2D eigenvalue weighted by Gasteiger charge is -2.11. The van der Waals surface area contributed by atoms with E-state index in [1.54, 1.807) is 56.3 Å². The van der Waals surface area contributed by atoms with E-state index in [1.165, 1.54) is 0 Å². The smallest absolute Gasteiger partial charge is 0.336 e. The molecule has 36 heavy (non-hydrogen) atoms. The van der Waals surface area contributed by atoms with Gasteiger partial charge in [0.1, 0.15) is 18.1 Å². The Morgan fingerprint density at radius 1 is 0.917 bits per heavy atom. The summed E-state index contributed by atoms with van der Waals surface area (Å²) in [5, 5.41) is 7.46. The summed E-state index contributed by atoms with van der Waals surface area (Å²) >= 11 is 0. The van der Waals surface area contributed by atoms with E-state index < -0.39 is 0 Å². The third-order valence-corrected chi connectivity index (χ3v) is 5.48. The number of carbonyl (C=O) groups is 1. The average molecular weight is 489 g/mol. The maximum Gasteiger partial charge on any atom is 0.336 e. The SMILES string of the molecule is COCCOc1nc(-c2ccccc2C)n(-c2ccc(NC(=O)c3cc(OC)cc(OC)c3)cc2)n1. The minimum atomic E-state index is -0.282. The Hall–Kier alpha value is -4.37. The number of carbonyl (C=O) groups excluding carboxylic acids is 1. The monoisotopic (exact) mass is 488 g/mol. The van der Waals surface area contributed by atoms with Gasteiger partial charge in [-0.1, -0.05) is 24.3 Å². The topological polar surface area (TPSA) is 96.7 Å². The van der Waals surface area contributed by atoms with Crippen LogP contribution in [0.3, 0.4) is 0 Å². The lowest BCUT2D eigenvalue weighted by atomic mass is 10.1. The summed E-state index contributed by atoms with van der Waals surface area (Å²) in [6.07, 6.45) is 0. The Morgan fingerprint density at radius 3 is 2.25 bits per heavy atom. The minimum absolute atomic E-state index is 0.259. The van der Waals surface area contributed by atoms with Gasteiger partial charge in [-0.05, 0) is 48.9 Å². The third kappa shape index (κ3) is 5.64. The van der Waals surface area contributed by atoms with Gasteiger partial charge in [0.25, 0.3) is 5.91 Å². The number of nitrogens with zero attached hydrogens (tertiary/aromatic N) is 3. The zero-order chi connectivity index (χ0) is 25.5. The molecular formula is C27H28N4O5. The van der Waals surface area contributed by atoms with Gasteiger partial charge in [-0.25, -0.2) is 4.68 Å². The molecule has 0 saturated heterocycles. The van der Waals surface area contributed by atoms with Crippen molar-refractivity contribution in [1.82, 2.24) is 14.8 Å². The fourth-order valence-corrected chi connectivity index (χ4v) is 3.58. The summed E-state index contributed by atoms with van der Waals surface area (Å²) < 4.78 is 23.0. The summed E-state index contributed by atoms with van der Waals surface area (Å²) in [6, 6.07) is 20.6. The highest BCUT2D eigenvalue weighted by atomic mass is 16.5. The van der Waals surface area contributed by atoms with E-state index in [4.69, 9.17) is 18.9 Å². The van der Waals surface area contributed by atoms with E-state index in [0.717, 1.165) is 16.8 Å². The number of nitrogens with one attached hydrogen (secondary N) is 1. The van der Waals surface area contributed by atoms with Crippen molar-refractivity contribution in [2.24, 2.45) is 0 Å². The molecule has 0 aliphatic heterocycles. The molecule has 0 atom stereocenters. The number of aromatic nitrogens is 3. The zero-order valence-electron chi connectivity index (χ0n) is 20.6. The molecule has 0 saturated carbocycles. The van der Waals surface area contributed by atoms with Crippen LogP contribution < -0.4 is 19.5 Å². The molecule has 3 aromatic carbocycles. The first-order valence-electron chi connectivity index (χ1n) is 11.3. The van der Waals surface area contributed by atoms with Crippen molar-refractivity contribution < 1.29 is 23.7 Å². The van der Waals surface area contributed by atoms with Crippen molar-refractivity contribution in [3.63, 3.8) is 0 Å². The normalized spacial score (nSPS) is 10.7. The maximum atomic E-state index is 12.8. The van der Waals surface area contributed by atoms with Crippen LogP contribution in [0.1, 0.15) is 15.9 Å². The van der Waals surface area contributed by atoms with E-state index >= 15 is 0 Å². The standard InChI is InChI=1S/C27H28N4O5/c1-18-7-5-6-8-24(18)25-29-27(36-14-13-33-2)30-31(25)21-11-9-20(10-12-21)28-26(32)19-15-22(34-3)17-23(16-19)35-4/h5-12,15-17H,13-14H2,1-4H3,(H,28,32). The number of amides is 1. The van der Waals surface area contributed by atoms with Crippen LogP contribution in [0.2, 0.25) is 0 Å². The Bertz CT molecular complexity index is 1310. The molecule has 0 unspecified atom stereocenters. The highest BCUT2D eigenvalue weighted by Gasteiger charge is 2.17. The summed E-state index contributed by atoms with van der Waals surface area (Å²) in [5.41, 5.74) is 3.82. The van der Waals surface area contributed by atoms with Crippen LogP contribution in [-0.4, -0.2) is 55.2 Å². The van der Waals surface area contributed by atoms with E-state index in [1.807, 2.05) is 43.3 Å². The molecular weight excluding hydrogens is 460 g/mol. The van der Waals surface area contributed by atoms with Crippen LogP contribution in [-0.2, 0) is 4.74 Å². The zero-order valence-corrected chi connectivity index (χ0v) is 20.6. The van der Waals surface area contributed by atoms with Crippen LogP contribution in [0.25, 0.3) is 17.1 Å². The fraction of sp³-hybridized carbons (Fsp3) is 0.222. The molecule has 0 aliphatic rings. The highest BCUT2D eigenvalue weighted by molar-refractivity contribution is 6.04. The van der Waals surface area contributed by atoms with Crippen LogP contribution in [0, 0.1) is 6.92 Å². The number of anilines is 1. The maximum absolute atomic E-state index is 12.8. The van der Waals surface area contributed by atoms with Gasteiger partial charge in [-0.3, -0.25) is 4.79 Å². The first-order valence-corrected chi connectivity index (χ1v) is 11.3. The molecule has 4 aromatic rings. The molecule has 0 fully saturated rings. The van der Waals surface area contributed by atoms with Crippen LogP contribution in [0.4, 0.5) is 5.69 Å². The van der Waals surface area contributed by atoms with Gasteiger partial charge >= 0.3 is 6.01 Å². The van der Waals surface area contributed by atoms with Crippen LogP contribution >= 0.6 is 0 Å². The number of methoxy groups -OCH3 is 3. The van der Waals surface area contributed by atoms with Crippen LogP contribution in [0.5, 0.6) is 17.5 Å². The molecule has 186 valence electrons. The number of benzene rings is 3. The summed E-state index contributed by atoms with van der Waals surface area (Å²) in [7, 11) is 4.69. The van der Waals surface area contributed by atoms with Gasteiger partial charge in [0.15, 0.2) is 5.82 Å². The highest BCUT2D eigenvalue weighted by Crippen LogP contribution is 2.27. The second-order valence-corrected chi connectivity index (χ2v) is 7.89. The second-order valence-electron chi connectivity index (χ2n) is 7.89. The Balaban J connectivity index is 1.60. The van der Waals surface area contributed by atoms with Crippen molar-refractivity contribution in [2.45, 2.75) is 6.92 Å². The van der Waals surface area contributed by atoms with Gasteiger partial charge in [-0.15, -0.1) is 5.10 Å². The van der Waals surface area contributed by atoms with E-state index in [2.05, 4.69) is 15.4 Å². The number of ether oxygens (including phenoxy) is 4. The van der Waals surface area contributed by atoms with Gasteiger partial charge < -0.3 is 24.3 Å². The van der Waals surface area contributed by atoms with Crippen molar-refractivity contribution >= 4 is 11.6 Å². The Morgan fingerprint density at radius 2 is 1.61 bits per heavy atom. The number of rotatable bonds is 10. The molecule has 0 aliphatic carbocycles. The minimum Gasteiger partial charge on any atom is -0.497 e. The molecule has 1 heterocycles. The van der Waals surface area contributed by atoms with Gasteiger partial charge in [0.05, 0.1) is 26.5 Å². The molecule has 1 amide bonds. The average Bonchev–Trinajstić information content (AvgIpc) is 3.33. The fourth-order valence-electron chi connectivity index (χ4n) is 3.58. The van der Waals surface area contributed by atoms with E-state index in [9.17, 15) is 4.79 Å². The Kier molecular flexibility index (Phi) is 7.82. The lowest BCUT2D eigenvalue weighted by Crippen LogP contribution is -2.12. The van der Waals surface area contributed by atoms with Crippen LogP contribution in [0.15, 0.2) is 66.7 Å². The van der Waals surface area contributed by atoms with Crippen molar-refractivity contribution in [1.29, 1.82) is 0 Å².